The highest BCUT2D eigenvalue weighted by Gasteiger charge is 2.18. The highest BCUT2D eigenvalue weighted by Crippen LogP contribution is 2.31. The molecule has 6 heteroatoms. The molecule has 0 aliphatic rings. The Balaban J connectivity index is 2.44. The van der Waals surface area contributed by atoms with E-state index in [0.29, 0.717) is 18.3 Å². The first-order valence-corrected chi connectivity index (χ1v) is 9.93. The zero-order chi connectivity index (χ0) is 19.8. The predicted molar refractivity (Wildman–Crippen MR) is 113 cm³/mol. The predicted octanol–water partition coefficient (Wildman–Crippen LogP) is 4.34. The molecule has 0 spiro atoms. The topological polar surface area (TPSA) is 63.2 Å². The smallest absolute Gasteiger partial charge is 0.257 e. The van der Waals surface area contributed by atoms with Crippen LogP contribution in [-0.4, -0.2) is 42.7 Å². The van der Waals surface area contributed by atoms with Crippen LogP contribution in [0.1, 0.15) is 51.3 Å². The SMILES string of the molecule is CCCCCOc1nc(CC)c(-c2cnc(N(C)C)cc2CC)nc1NC. The fraction of sp³-hybridized carbons (Fsp3) is 0.571. The lowest BCUT2D eigenvalue weighted by Gasteiger charge is -2.18. The van der Waals surface area contributed by atoms with Crippen molar-refractivity contribution in [2.75, 3.05) is 38.0 Å². The minimum absolute atomic E-state index is 0.588. The average Bonchev–Trinajstić information content (AvgIpc) is 2.70. The molecule has 0 fully saturated rings. The summed E-state index contributed by atoms with van der Waals surface area (Å²) in [5.74, 6) is 2.22. The van der Waals surface area contributed by atoms with Gasteiger partial charge in [-0.25, -0.2) is 15.0 Å². The summed E-state index contributed by atoms with van der Waals surface area (Å²) < 4.78 is 5.91. The van der Waals surface area contributed by atoms with Crippen LogP contribution in [0.4, 0.5) is 11.6 Å². The van der Waals surface area contributed by atoms with Gasteiger partial charge in [0.2, 0.25) is 0 Å². The van der Waals surface area contributed by atoms with E-state index in [9.17, 15) is 0 Å². The van der Waals surface area contributed by atoms with Crippen molar-refractivity contribution < 1.29 is 4.74 Å². The van der Waals surface area contributed by atoms with Gasteiger partial charge in [-0.15, -0.1) is 0 Å². The van der Waals surface area contributed by atoms with Crippen LogP contribution in [0.15, 0.2) is 12.3 Å². The summed E-state index contributed by atoms with van der Waals surface area (Å²) in [6.45, 7) is 7.10. The number of pyridine rings is 1. The Morgan fingerprint density at radius 1 is 1.07 bits per heavy atom. The van der Waals surface area contributed by atoms with Gasteiger partial charge in [0.05, 0.1) is 18.0 Å². The lowest BCUT2D eigenvalue weighted by Crippen LogP contribution is -2.12. The maximum absolute atomic E-state index is 5.91. The first-order chi connectivity index (χ1) is 13.0. The highest BCUT2D eigenvalue weighted by molar-refractivity contribution is 5.69. The standard InChI is InChI=1S/C21H33N5O/c1-7-10-11-12-27-21-20(22-4)25-19(17(9-3)24-21)16-14-23-18(26(5)6)13-15(16)8-2/h13-14H,7-12H2,1-6H3,(H,22,25). The second-order valence-electron chi connectivity index (χ2n) is 6.78. The molecule has 148 valence electrons. The first-order valence-electron chi connectivity index (χ1n) is 9.93. The summed E-state index contributed by atoms with van der Waals surface area (Å²) in [5, 5.41) is 3.14. The Labute approximate surface area is 163 Å². The van der Waals surface area contributed by atoms with Gasteiger partial charge in [-0.05, 0) is 30.9 Å². The lowest BCUT2D eigenvalue weighted by molar-refractivity contribution is 0.294. The minimum atomic E-state index is 0.588. The van der Waals surface area contributed by atoms with E-state index in [0.717, 1.165) is 48.5 Å². The van der Waals surface area contributed by atoms with Crippen molar-refractivity contribution in [1.82, 2.24) is 15.0 Å². The van der Waals surface area contributed by atoms with Crippen LogP contribution in [0.2, 0.25) is 0 Å². The average molecular weight is 372 g/mol. The van der Waals surface area contributed by atoms with Crippen LogP contribution in [0.3, 0.4) is 0 Å². The van der Waals surface area contributed by atoms with Crippen LogP contribution < -0.4 is 15.0 Å². The quantitative estimate of drug-likeness (QED) is 0.627. The van der Waals surface area contributed by atoms with Crippen LogP contribution >= 0.6 is 0 Å². The number of nitrogens with one attached hydrogen (secondary N) is 1. The van der Waals surface area contributed by atoms with Gasteiger partial charge in [0.1, 0.15) is 5.82 Å². The van der Waals surface area contributed by atoms with Crippen LogP contribution in [0.5, 0.6) is 5.88 Å². The summed E-state index contributed by atoms with van der Waals surface area (Å²) in [6, 6.07) is 2.13. The van der Waals surface area contributed by atoms with Crippen molar-refractivity contribution in [2.24, 2.45) is 0 Å². The van der Waals surface area contributed by atoms with Gasteiger partial charge in [-0.2, -0.15) is 0 Å². The molecular formula is C21H33N5O. The molecule has 2 aromatic heterocycles. The molecule has 2 rings (SSSR count). The Hall–Kier alpha value is -2.37. The Morgan fingerprint density at radius 3 is 2.44 bits per heavy atom. The highest BCUT2D eigenvalue weighted by atomic mass is 16.5. The van der Waals surface area contributed by atoms with Gasteiger partial charge >= 0.3 is 0 Å². The molecule has 2 aromatic rings. The number of nitrogens with zero attached hydrogens (tertiary/aromatic N) is 4. The fourth-order valence-corrected chi connectivity index (χ4v) is 2.93. The monoisotopic (exact) mass is 371 g/mol. The fourth-order valence-electron chi connectivity index (χ4n) is 2.93. The maximum Gasteiger partial charge on any atom is 0.257 e. The zero-order valence-electron chi connectivity index (χ0n) is 17.6. The van der Waals surface area contributed by atoms with E-state index in [4.69, 9.17) is 14.7 Å². The summed E-state index contributed by atoms with van der Waals surface area (Å²) in [7, 11) is 5.86. The molecule has 0 atom stereocenters. The summed E-state index contributed by atoms with van der Waals surface area (Å²) in [5.41, 5.74) is 4.09. The Bertz CT molecular complexity index is 746. The summed E-state index contributed by atoms with van der Waals surface area (Å²) in [4.78, 5) is 16.3. The molecular weight excluding hydrogens is 338 g/mol. The largest absolute Gasteiger partial charge is 0.475 e. The van der Waals surface area contributed by atoms with Gasteiger partial charge in [0.15, 0.2) is 5.82 Å². The third-order valence-corrected chi connectivity index (χ3v) is 4.56. The number of hydrogen-bond donors (Lipinski definition) is 1. The number of aromatic nitrogens is 3. The molecule has 0 bridgehead atoms. The summed E-state index contributed by atoms with van der Waals surface area (Å²) >= 11 is 0. The van der Waals surface area contributed by atoms with E-state index in [1.165, 1.54) is 12.0 Å². The molecule has 2 heterocycles. The second kappa shape index (κ2) is 10.1. The van der Waals surface area contributed by atoms with Crippen molar-refractivity contribution in [1.29, 1.82) is 0 Å². The zero-order valence-corrected chi connectivity index (χ0v) is 17.6. The Kier molecular flexibility index (Phi) is 7.82. The molecule has 0 aliphatic heterocycles. The number of unbranched alkanes of at least 4 members (excludes halogenated alkanes) is 2. The van der Waals surface area contributed by atoms with Gasteiger partial charge in [-0.1, -0.05) is 33.6 Å². The van der Waals surface area contributed by atoms with Crippen molar-refractivity contribution in [2.45, 2.75) is 52.9 Å². The van der Waals surface area contributed by atoms with Crippen molar-refractivity contribution in [3.63, 3.8) is 0 Å². The van der Waals surface area contributed by atoms with Gasteiger partial charge < -0.3 is 15.0 Å². The molecule has 27 heavy (non-hydrogen) atoms. The van der Waals surface area contributed by atoms with Crippen molar-refractivity contribution in [3.05, 3.63) is 23.5 Å². The van der Waals surface area contributed by atoms with Crippen LogP contribution in [-0.2, 0) is 12.8 Å². The number of rotatable bonds is 10. The summed E-state index contributed by atoms with van der Waals surface area (Å²) in [6.07, 6.45) is 6.97. The molecule has 0 unspecified atom stereocenters. The molecule has 6 nitrogen and oxygen atoms in total. The van der Waals surface area contributed by atoms with E-state index in [-0.39, 0.29) is 0 Å². The molecule has 0 saturated heterocycles. The minimum Gasteiger partial charge on any atom is -0.475 e. The number of ether oxygens (including phenoxy) is 1. The Morgan fingerprint density at radius 2 is 1.85 bits per heavy atom. The number of anilines is 2. The molecule has 0 aromatic carbocycles. The van der Waals surface area contributed by atoms with Crippen LogP contribution in [0.25, 0.3) is 11.3 Å². The number of aryl methyl sites for hydroxylation is 2. The molecule has 0 saturated carbocycles. The molecule has 0 aliphatic carbocycles. The number of hydrogen-bond acceptors (Lipinski definition) is 6. The molecule has 0 amide bonds. The maximum atomic E-state index is 5.91. The van der Waals surface area contributed by atoms with E-state index in [1.807, 2.05) is 32.2 Å². The van der Waals surface area contributed by atoms with E-state index >= 15 is 0 Å². The normalized spacial score (nSPS) is 10.7. The van der Waals surface area contributed by atoms with Crippen molar-refractivity contribution >= 4 is 11.6 Å². The van der Waals surface area contributed by atoms with Gasteiger partial charge in [-0.3, -0.25) is 0 Å². The van der Waals surface area contributed by atoms with Crippen molar-refractivity contribution in [3.8, 4) is 17.1 Å². The van der Waals surface area contributed by atoms with E-state index in [1.54, 1.807) is 0 Å². The van der Waals surface area contributed by atoms with E-state index in [2.05, 4.69) is 37.1 Å². The van der Waals surface area contributed by atoms with Gasteiger partial charge in [0.25, 0.3) is 5.88 Å². The second-order valence-corrected chi connectivity index (χ2v) is 6.78. The third kappa shape index (κ3) is 5.08. The first kappa shape index (κ1) is 20.9. The third-order valence-electron chi connectivity index (χ3n) is 4.56. The van der Waals surface area contributed by atoms with E-state index < -0.39 is 0 Å². The van der Waals surface area contributed by atoms with Crippen LogP contribution in [0, 0.1) is 0 Å². The molecule has 1 N–H and O–H groups in total. The van der Waals surface area contributed by atoms with Gasteiger partial charge in [0, 0.05) is 32.9 Å². The lowest BCUT2D eigenvalue weighted by atomic mass is 10.0. The molecule has 0 radical (unpaired) electrons.